The zero-order valence-electron chi connectivity index (χ0n) is 14.5. The van der Waals surface area contributed by atoms with Crippen molar-refractivity contribution in [2.45, 2.75) is 51.0 Å². The van der Waals surface area contributed by atoms with Gasteiger partial charge in [0.2, 0.25) is 0 Å². The fraction of sp³-hybridized carbons (Fsp3) is 0.526. The second-order valence-electron chi connectivity index (χ2n) is 6.98. The second kappa shape index (κ2) is 6.75. The highest BCUT2D eigenvalue weighted by molar-refractivity contribution is 7.08. The first-order valence-electron chi connectivity index (χ1n) is 9.08. The Bertz CT molecular complexity index is 766. The van der Waals surface area contributed by atoms with Crippen LogP contribution in [-0.2, 0) is 12.8 Å². The van der Waals surface area contributed by atoms with Gasteiger partial charge in [0.05, 0.1) is 5.69 Å². The van der Waals surface area contributed by atoms with Gasteiger partial charge in [0.1, 0.15) is 16.2 Å². The van der Waals surface area contributed by atoms with E-state index in [0.29, 0.717) is 4.88 Å². The molecule has 1 fully saturated rings. The zero-order chi connectivity index (χ0) is 17.3. The summed E-state index contributed by atoms with van der Waals surface area (Å²) < 4.78 is 10.4. The van der Waals surface area contributed by atoms with E-state index in [9.17, 15) is 4.79 Å². The van der Waals surface area contributed by atoms with E-state index in [4.69, 9.17) is 4.74 Å². The molecule has 0 unspecified atom stereocenters. The number of ether oxygens (including phenoxy) is 1. The largest absolute Gasteiger partial charge is 0.487 e. The van der Waals surface area contributed by atoms with Crippen molar-refractivity contribution in [3.8, 4) is 5.75 Å². The number of piperidine rings is 1. The number of likely N-dealkylation sites (tertiary alicyclic amines) is 1. The van der Waals surface area contributed by atoms with Crippen LogP contribution in [0.3, 0.4) is 0 Å². The average molecular weight is 357 g/mol. The Hall–Kier alpha value is -1.95. The van der Waals surface area contributed by atoms with Crippen molar-refractivity contribution in [3.05, 3.63) is 40.4 Å². The number of aromatic nitrogens is 2. The van der Waals surface area contributed by atoms with Crippen LogP contribution in [0.5, 0.6) is 5.75 Å². The number of fused-ring (bicyclic) bond motifs is 1. The number of hydrogen-bond donors (Lipinski definition) is 0. The smallest absolute Gasteiger partial charge is 0.267 e. The standard InChI is InChI=1S/C19H23N3O2S/c1-2-5-15-17(25-21-20-15)18(23)22-12-10-19(11-13-22)9-8-14-6-3-4-7-16(14)24-19/h3-4,6-7H,2,5,8-13H2,1H3. The predicted molar refractivity (Wildman–Crippen MR) is 97.2 cm³/mol. The lowest BCUT2D eigenvalue weighted by molar-refractivity contribution is -0.0106. The van der Waals surface area contributed by atoms with Crippen molar-refractivity contribution in [2.75, 3.05) is 13.1 Å². The molecular formula is C19H23N3O2S. The Morgan fingerprint density at radius 1 is 1.28 bits per heavy atom. The van der Waals surface area contributed by atoms with Gasteiger partial charge in [-0.25, -0.2) is 0 Å². The Balaban J connectivity index is 1.43. The molecule has 1 amide bonds. The van der Waals surface area contributed by atoms with Crippen LogP contribution in [0.2, 0.25) is 0 Å². The number of aryl methyl sites for hydroxylation is 2. The summed E-state index contributed by atoms with van der Waals surface area (Å²) in [4.78, 5) is 15.5. The third-order valence-corrected chi connectivity index (χ3v) is 6.10. The molecule has 6 heteroatoms. The molecule has 0 bridgehead atoms. The van der Waals surface area contributed by atoms with Gasteiger partial charge in [-0.15, -0.1) is 5.10 Å². The number of carbonyl (C=O) groups excluding carboxylic acids is 1. The molecule has 0 aliphatic carbocycles. The molecule has 2 aliphatic heterocycles. The van der Waals surface area contributed by atoms with Crippen LogP contribution in [-0.4, -0.2) is 39.1 Å². The van der Waals surface area contributed by atoms with Crippen molar-refractivity contribution >= 4 is 17.4 Å². The minimum absolute atomic E-state index is 0.0875. The van der Waals surface area contributed by atoms with Crippen molar-refractivity contribution in [1.29, 1.82) is 0 Å². The van der Waals surface area contributed by atoms with E-state index >= 15 is 0 Å². The lowest BCUT2D eigenvalue weighted by Gasteiger charge is -2.44. The van der Waals surface area contributed by atoms with Crippen LogP contribution in [0.4, 0.5) is 0 Å². The van der Waals surface area contributed by atoms with Crippen LogP contribution < -0.4 is 4.74 Å². The van der Waals surface area contributed by atoms with E-state index in [1.807, 2.05) is 11.0 Å². The van der Waals surface area contributed by atoms with E-state index in [0.717, 1.165) is 63.1 Å². The first-order valence-corrected chi connectivity index (χ1v) is 9.85. The Labute approximate surface area is 152 Å². The molecule has 0 saturated carbocycles. The van der Waals surface area contributed by atoms with Gasteiger partial charge < -0.3 is 9.64 Å². The summed E-state index contributed by atoms with van der Waals surface area (Å²) >= 11 is 1.23. The molecule has 1 aromatic heterocycles. The van der Waals surface area contributed by atoms with Gasteiger partial charge in [0.25, 0.3) is 5.91 Å². The highest BCUT2D eigenvalue weighted by atomic mass is 32.1. The summed E-state index contributed by atoms with van der Waals surface area (Å²) in [5, 5.41) is 4.13. The monoisotopic (exact) mass is 357 g/mol. The topological polar surface area (TPSA) is 55.3 Å². The molecule has 25 heavy (non-hydrogen) atoms. The molecule has 2 aliphatic rings. The SMILES string of the molecule is CCCc1nnsc1C(=O)N1CCC2(CCc3ccccc3O2)CC1. The Morgan fingerprint density at radius 2 is 2.08 bits per heavy atom. The van der Waals surface area contributed by atoms with Gasteiger partial charge in [-0.1, -0.05) is 36.0 Å². The second-order valence-corrected chi connectivity index (χ2v) is 7.74. The number of benzene rings is 1. The summed E-state index contributed by atoms with van der Waals surface area (Å²) in [6, 6.07) is 8.31. The molecule has 0 radical (unpaired) electrons. The van der Waals surface area contributed by atoms with E-state index in [-0.39, 0.29) is 11.5 Å². The lowest BCUT2D eigenvalue weighted by Crippen LogP contribution is -2.51. The number of carbonyl (C=O) groups is 1. The maximum Gasteiger partial charge on any atom is 0.267 e. The van der Waals surface area contributed by atoms with E-state index in [1.54, 1.807) is 0 Å². The van der Waals surface area contributed by atoms with Crippen molar-refractivity contribution < 1.29 is 9.53 Å². The number of rotatable bonds is 3. The van der Waals surface area contributed by atoms with Crippen LogP contribution in [0.25, 0.3) is 0 Å². The summed E-state index contributed by atoms with van der Waals surface area (Å²) in [7, 11) is 0. The summed E-state index contributed by atoms with van der Waals surface area (Å²) in [5.41, 5.74) is 2.04. The molecule has 0 atom stereocenters. The third kappa shape index (κ3) is 3.15. The number of para-hydroxylation sites is 1. The molecule has 132 valence electrons. The third-order valence-electron chi connectivity index (χ3n) is 5.35. The summed E-state index contributed by atoms with van der Waals surface area (Å²) in [5.74, 6) is 1.11. The summed E-state index contributed by atoms with van der Waals surface area (Å²) in [6.45, 7) is 3.57. The van der Waals surface area contributed by atoms with Crippen LogP contribution in [0, 0.1) is 0 Å². The average Bonchev–Trinajstić information content (AvgIpc) is 3.10. The van der Waals surface area contributed by atoms with Gasteiger partial charge in [-0.05, 0) is 42.4 Å². The quantitative estimate of drug-likeness (QED) is 0.844. The van der Waals surface area contributed by atoms with Gasteiger partial charge >= 0.3 is 0 Å². The van der Waals surface area contributed by atoms with Gasteiger partial charge in [0.15, 0.2) is 0 Å². The van der Waals surface area contributed by atoms with Gasteiger partial charge in [0, 0.05) is 25.9 Å². The fourth-order valence-electron chi connectivity index (χ4n) is 3.84. The Morgan fingerprint density at radius 3 is 2.88 bits per heavy atom. The van der Waals surface area contributed by atoms with E-state index in [2.05, 4.69) is 34.7 Å². The van der Waals surface area contributed by atoms with E-state index in [1.165, 1.54) is 17.1 Å². The summed E-state index contributed by atoms with van der Waals surface area (Å²) in [6.07, 6.45) is 5.67. The molecule has 3 heterocycles. The highest BCUT2D eigenvalue weighted by Gasteiger charge is 2.40. The first-order chi connectivity index (χ1) is 12.2. The van der Waals surface area contributed by atoms with Crippen molar-refractivity contribution in [2.24, 2.45) is 0 Å². The van der Waals surface area contributed by atoms with E-state index < -0.39 is 0 Å². The zero-order valence-corrected chi connectivity index (χ0v) is 15.3. The molecular weight excluding hydrogens is 334 g/mol. The minimum Gasteiger partial charge on any atom is -0.487 e. The maximum atomic E-state index is 12.8. The molecule has 0 N–H and O–H groups in total. The molecule has 1 spiro atoms. The number of hydrogen-bond acceptors (Lipinski definition) is 5. The van der Waals surface area contributed by atoms with Gasteiger partial charge in [-0.3, -0.25) is 4.79 Å². The predicted octanol–water partition coefficient (Wildman–Crippen LogP) is 3.49. The van der Waals surface area contributed by atoms with Crippen LogP contribution in [0.1, 0.15) is 53.5 Å². The number of nitrogens with zero attached hydrogens (tertiary/aromatic N) is 3. The van der Waals surface area contributed by atoms with Crippen molar-refractivity contribution in [1.82, 2.24) is 14.5 Å². The lowest BCUT2D eigenvalue weighted by atomic mass is 9.83. The van der Waals surface area contributed by atoms with Crippen molar-refractivity contribution in [3.63, 3.8) is 0 Å². The normalized spacial score (nSPS) is 18.7. The fourth-order valence-corrected chi connectivity index (χ4v) is 4.52. The molecule has 5 nitrogen and oxygen atoms in total. The maximum absolute atomic E-state index is 12.8. The number of amides is 1. The van der Waals surface area contributed by atoms with Crippen LogP contribution in [0.15, 0.2) is 24.3 Å². The molecule has 1 aromatic carbocycles. The molecule has 1 saturated heterocycles. The molecule has 2 aromatic rings. The highest BCUT2D eigenvalue weighted by Crippen LogP contribution is 2.39. The van der Waals surface area contributed by atoms with Gasteiger partial charge in [-0.2, -0.15) is 0 Å². The minimum atomic E-state index is -0.108. The van der Waals surface area contributed by atoms with Crippen LogP contribution >= 0.6 is 11.5 Å². The molecule has 4 rings (SSSR count). The first kappa shape index (κ1) is 16.5. The Kier molecular flexibility index (Phi) is 4.46.